The molecule has 1 heterocycles. The molecule has 3 nitrogen and oxygen atoms in total. The third-order valence-corrected chi connectivity index (χ3v) is 4.90. The largest absolute Gasteiger partial charge is 0.224 e. The quantitative estimate of drug-likeness (QED) is 0.350. The van der Waals surface area contributed by atoms with Crippen molar-refractivity contribution in [1.82, 2.24) is 15.2 Å². The standard InChI is InChI=1S/C21H13Br2N3/c22-17-10-4-8-15(12-17)19-20(16-9-5-11-18(23)13-16)25-26-21(24-19)14-6-2-1-3-7-14/h1-13H. The van der Waals surface area contributed by atoms with Gasteiger partial charge >= 0.3 is 0 Å². The second-order valence-corrected chi connectivity index (χ2v) is 7.55. The molecule has 0 N–H and O–H groups in total. The Morgan fingerprint density at radius 1 is 0.538 bits per heavy atom. The van der Waals surface area contributed by atoms with E-state index in [9.17, 15) is 0 Å². The summed E-state index contributed by atoms with van der Waals surface area (Å²) < 4.78 is 1.99. The van der Waals surface area contributed by atoms with E-state index in [1.165, 1.54) is 0 Å². The highest BCUT2D eigenvalue weighted by Crippen LogP contribution is 2.32. The lowest BCUT2D eigenvalue weighted by atomic mass is 10.0. The van der Waals surface area contributed by atoms with Crippen molar-refractivity contribution in [1.29, 1.82) is 0 Å². The van der Waals surface area contributed by atoms with Crippen molar-refractivity contribution in [2.45, 2.75) is 0 Å². The number of benzene rings is 3. The van der Waals surface area contributed by atoms with Crippen LogP contribution in [0.15, 0.2) is 87.8 Å². The highest BCUT2D eigenvalue weighted by molar-refractivity contribution is 9.10. The Morgan fingerprint density at radius 2 is 1.12 bits per heavy atom. The summed E-state index contributed by atoms with van der Waals surface area (Å²) in [5.74, 6) is 0.610. The van der Waals surface area contributed by atoms with Crippen molar-refractivity contribution in [2.75, 3.05) is 0 Å². The van der Waals surface area contributed by atoms with E-state index in [1.807, 2.05) is 78.9 Å². The zero-order chi connectivity index (χ0) is 17.9. The monoisotopic (exact) mass is 465 g/mol. The fraction of sp³-hybridized carbons (Fsp3) is 0. The Hall–Kier alpha value is -2.37. The maximum atomic E-state index is 4.85. The van der Waals surface area contributed by atoms with Gasteiger partial charge in [-0.05, 0) is 24.3 Å². The van der Waals surface area contributed by atoms with Crippen molar-refractivity contribution in [3.05, 3.63) is 87.8 Å². The smallest absolute Gasteiger partial charge is 0.182 e. The van der Waals surface area contributed by atoms with E-state index in [2.05, 4.69) is 42.1 Å². The molecule has 0 spiro atoms. The molecule has 0 aliphatic carbocycles. The summed E-state index contributed by atoms with van der Waals surface area (Å²) in [5.41, 5.74) is 4.45. The average molecular weight is 467 g/mol. The van der Waals surface area contributed by atoms with Gasteiger partial charge in [-0.2, -0.15) is 0 Å². The molecule has 0 aliphatic rings. The van der Waals surface area contributed by atoms with Crippen molar-refractivity contribution < 1.29 is 0 Å². The van der Waals surface area contributed by atoms with Crippen LogP contribution in [-0.2, 0) is 0 Å². The summed E-state index contributed by atoms with van der Waals surface area (Å²) in [7, 11) is 0. The van der Waals surface area contributed by atoms with Gasteiger partial charge in [-0.25, -0.2) is 4.98 Å². The number of hydrogen-bond donors (Lipinski definition) is 0. The van der Waals surface area contributed by atoms with Gasteiger partial charge in [0.1, 0.15) is 11.4 Å². The van der Waals surface area contributed by atoms with Gasteiger partial charge in [-0.1, -0.05) is 86.5 Å². The van der Waals surface area contributed by atoms with Gasteiger partial charge in [0.15, 0.2) is 5.82 Å². The first-order valence-electron chi connectivity index (χ1n) is 8.03. The van der Waals surface area contributed by atoms with Crippen LogP contribution in [0, 0.1) is 0 Å². The first-order valence-corrected chi connectivity index (χ1v) is 9.61. The maximum Gasteiger partial charge on any atom is 0.182 e. The second kappa shape index (κ2) is 7.48. The maximum absolute atomic E-state index is 4.85. The minimum Gasteiger partial charge on any atom is -0.224 e. The van der Waals surface area contributed by atoms with Gasteiger partial charge in [-0.15, -0.1) is 10.2 Å². The Morgan fingerprint density at radius 3 is 1.73 bits per heavy atom. The van der Waals surface area contributed by atoms with Gasteiger partial charge in [0.25, 0.3) is 0 Å². The number of rotatable bonds is 3. The van der Waals surface area contributed by atoms with Gasteiger partial charge < -0.3 is 0 Å². The lowest BCUT2D eigenvalue weighted by Crippen LogP contribution is -2.00. The molecule has 3 aromatic carbocycles. The van der Waals surface area contributed by atoms with E-state index >= 15 is 0 Å². The normalized spacial score (nSPS) is 10.7. The molecule has 0 amide bonds. The second-order valence-electron chi connectivity index (χ2n) is 5.72. The lowest BCUT2D eigenvalue weighted by molar-refractivity contribution is 0.991. The summed E-state index contributed by atoms with van der Waals surface area (Å²) >= 11 is 7.07. The fourth-order valence-electron chi connectivity index (χ4n) is 2.70. The van der Waals surface area contributed by atoms with Crippen molar-refractivity contribution in [3.8, 4) is 33.9 Å². The van der Waals surface area contributed by atoms with E-state index in [-0.39, 0.29) is 0 Å². The van der Waals surface area contributed by atoms with Crippen LogP contribution < -0.4 is 0 Å². The van der Waals surface area contributed by atoms with Crippen LogP contribution >= 0.6 is 31.9 Å². The molecule has 4 rings (SSSR count). The minimum atomic E-state index is 0.610. The van der Waals surface area contributed by atoms with E-state index < -0.39 is 0 Å². The fourth-order valence-corrected chi connectivity index (χ4v) is 3.50. The Bertz CT molecular complexity index is 1070. The Labute approximate surface area is 168 Å². The highest BCUT2D eigenvalue weighted by Gasteiger charge is 2.15. The molecule has 1 aromatic heterocycles. The molecule has 126 valence electrons. The van der Waals surface area contributed by atoms with E-state index in [0.717, 1.165) is 37.0 Å². The van der Waals surface area contributed by atoms with Crippen LogP contribution in [0.2, 0.25) is 0 Å². The minimum absolute atomic E-state index is 0.610. The van der Waals surface area contributed by atoms with Crippen LogP contribution in [0.5, 0.6) is 0 Å². The van der Waals surface area contributed by atoms with E-state index in [0.29, 0.717) is 5.82 Å². The molecule has 26 heavy (non-hydrogen) atoms. The molecule has 0 aliphatic heterocycles. The van der Waals surface area contributed by atoms with Crippen LogP contribution in [0.25, 0.3) is 33.9 Å². The van der Waals surface area contributed by atoms with Gasteiger partial charge in [0, 0.05) is 25.6 Å². The van der Waals surface area contributed by atoms with Crippen LogP contribution in [0.3, 0.4) is 0 Å². The van der Waals surface area contributed by atoms with Crippen LogP contribution in [-0.4, -0.2) is 15.2 Å². The van der Waals surface area contributed by atoms with Gasteiger partial charge in [0.05, 0.1) is 0 Å². The first-order chi connectivity index (χ1) is 12.7. The SMILES string of the molecule is Brc1cccc(-c2nnc(-c3ccccc3)nc2-c2cccc(Br)c2)c1. The summed E-state index contributed by atoms with van der Waals surface area (Å²) in [5, 5.41) is 8.90. The zero-order valence-electron chi connectivity index (χ0n) is 13.6. The van der Waals surface area contributed by atoms with Gasteiger partial charge in [0.2, 0.25) is 0 Å². The van der Waals surface area contributed by atoms with E-state index in [1.54, 1.807) is 0 Å². The molecular weight excluding hydrogens is 454 g/mol. The summed E-state index contributed by atoms with van der Waals surface area (Å²) in [4.78, 5) is 4.85. The predicted octanol–water partition coefficient (Wildman–Crippen LogP) is 6.40. The third-order valence-electron chi connectivity index (χ3n) is 3.91. The predicted molar refractivity (Wildman–Crippen MR) is 112 cm³/mol. The van der Waals surface area contributed by atoms with E-state index in [4.69, 9.17) is 4.98 Å². The number of halogens is 2. The molecule has 5 heteroatoms. The van der Waals surface area contributed by atoms with Crippen molar-refractivity contribution >= 4 is 31.9 Å². The molecule has 0 saturated carbocycles. The van der Waals surface area contributed by atoms with Gasteiger partial charge in [-0.3, -0.25) is 0 Å². The number of nitrogens with zero attached hydrogens (tertiary/aromatic N) is 3. The molecule has 0 fully saturated rings. The molecule has 0 saturated heterocycles. The summed E-state index contributed by atoms with van der Waals surface area (Å²) in [6.07, 6.45) is 0. The number of hydrogen-bond acceptors (Lipinski definition) is 3. The number of aromatic nitrogens is 3. The molecule has 0 radical (unpaired) electrons. The molecule has 0 unspecified atom stereocenters. The Balaban J connectivity index is 1.94. The van der Waals surface area contributed by atoms with Crippen molar-refractivity contribution in [2.24, 2.45) is 0 Å². The molecule has 4 aromatic rings. The van der Waals surface area contributed by atoms with Crippen LogP contribution in [0.1, 0.15) is 0 Å². The summed E-state index contributed by atoms with van der Waals surface area (Å²) in [6.45, 7) is 0. The Kier molecular flexibility index (Phi) is 4.91. The highest BCUT2D eigenvalue weighted by atomic mass is 79.9. The average Bonchev–Trinajstić information content (AvgIpc) is 2.68. The topological polar surface area (TPSA) is 38.7 Å². The molecular formula is C21H13Br2N3. The van der Waals surface area contributed by atoms with Crippen molar-refractivity contribution in [3.63, 3.8) is 0 Å². The summed E-state index contributed by atoms with van der Waals surface area (Å²) in [6, 6.07) is 26.0. The third kappa shape index (κ3) is 3.59. The molecule has 0 atom stereocenters. The molecule has 0 bridgehead atoms. The lowest BCUT2D eigenvalue weighted by Gasteiger charge is -2.10. The van der Waals surface area contributed by atoms with Crippen LogP contribution in [0.4, 0.5) is 0 Å². The zero-order valence-corrected chi connectivity index (χ0v) is 16.8. The first kappa shape index (κ1) is 17.1.